The van der Waals surface area contributed by atoms with E-state index in [9.17, 15) is 0 Å². The first-order chi connectivity index (χ1) is 15.4. The van der Waals surface area contributed by atoms with Crippen molar-refractivity contribution in [3.8, 4) is 22.6 Å². The Morgan fingerprint density at radius 3 is 2.56 bits per heavy atom. The fourth-order valence-corrected chi connectivity index (χ4v) is 5.08. The monoisotopic (exact) mass is 506 g/mol. The number of halogens is 1. The normalized spacial score (nSPS) is 12.2. The lowest BCUT2D eigenvalue weighted by atomic mass is 10.1. The molecule has 5 rings (SSSR count). The Labute approximate surface area is 197 Å². The van der Waals surface area contributed by atoms with Crippen molar-refractivity contribution in [2.45, 2.75) is 32.4 Å². The van der Waals surface area contributed by atoms with Crippen LogP contribution in [0.25, 0.3) is 44.5 Å². The second-order valence-electron chi connectivity index (χ2n) is 9.41. The first-order valence-electron chi connectivity index (χ1n) is 10.9. The number of benzene rings is 2. The predicted molar refractivity (Wildman–Crippen MR) is 139 cm³/mol. The Morgan fingerprint density at radius 2 is 1.72 bits per heavy atom. The highest BCUT2D eigenvalue weighted by molar-refractivity contribution is 9.10. The summed E-state index contributed by atoms with van der Waals surface area (Å²) in [7, 11) is -1.13. The topological polar surface area (TPSA) is 58.6 Å². The maximum absolute atomic E-state index is 6.11. The van der Waals surface area contributed by atoms with Gasteiger partial charge < -0.3 is 19.3 Å². The molecule has 0 spiro atoms. The van der Waals surface area contributed by atoms with Crippen LogP contribution in [0.4, 0.5) is 0 Å². The van der Waals surface area contributed by atoms with Crippen LogP contribution in [-0.4, -0.2) is 34.2 Å². The smallest absolute Gasteiger partial charge is 0.144 e. The zero-order valence-corrected chi connectivity index (χ0v) is 21.2. The maximum Gasteiger partial charge on any atom is 0.144 e. The third-order valence-corrected chi connectivity index (χ3v) is 7.95. The van der Waals surface area contributed by atoms with Crippen molar-refractivity contribution in [1.29, 1.82) is 0 Å². The van der Waals surface area contributed by atoms with E-state index in [1.54, 1.807) is 0 Å². The van der Waals surface area contributed by atoms with E-state index < -0.39 is 8.07 Å². The molecule has 0 fully saturated rings. The molecule has 2 aromatic carbocycles. The molecule has 0 bridgehead atoms. The molecule has 5 nitrogen and oxygen atoms in total. The van der Waals surface area contributed by atoms with Crippen molar-refractivity contribution in [2.75, 3.05) is 6.61 Å². The lowest BCUT2D eigenvalue weighted by molar-refractivity contribution is 0.0883. The van der Waals surface area contributed by atoms with Gasteiger partial charge in [-0.15, -0.1) is 0 Å². The van der Waals surface area contributed by atoms with Gasteiger partial charge in [-0.25, -0.2) is 4.98 Å². The molecule has 164 valence electrons. The van der Waals surface area contributed by atoms with E-state index in [2.05, 4.69) is 92.7 Å². The minimum Gasteiger partial charge on any atom is -0.361 e. The molecular formula is C25H27BrN4OSi. The number of imidazole rings is 1. The number of ether oxygens (including phenoxy) is 1. The van der Waals surface area contributed by atoms with Gasteiger partial charge >= 0.3 is 0 Å². The van der Waals surface area contributed by atoms with Crippen LogP contribution in [0.2, 0.25) is 25.7 Å². The van der Waals surface area contributed by atoms with Crippen molar-refractivity contribution in [3.05, 3.63) is 65.5 Å². The summed E-state index contributed by atoms with van der Waals surface area (Å²) in [4.78, 5) is 11.8. The van der Waals surface area contributed by atoms with E-state index in [1.807, 2.05) is 18.5 Å². The third-order valence-electron chi connectivity index (χ3n) is 5.75. The summed E-state index contributed by atoms with van der Waals surface area (Å²) < 4.78 is 9.30. The van der Waals surface area contributed by atoms with Gasteiger partial charge in [0.2, 0.25) is 0 Å². The van der Waals surface area contributed by atoms with Crippen LogP contribution in [0.15, 0.2) is 65.5 Å². The van der Waals surface area contributed by atoms with Crippen molar-refractivity contribution in [3.63, 3.8) is 0 Å². The molecular weight excluding hydrogens is 480 g/mol. The van der Waals surface area contributed by atoms with Crippen LogP contribution < -0.4 is 0 Å². The highest BCUT2D eigenvalue weighted by Crippen LogP contribution is 2.34. The number of aromatic amines is 2. The fraction of sp³-hybridized carbons (Fsp3) is 0.240. The first-order valence-corrected chi connectivity index (χ1v) is 15.4. The Balaban J connectivity index is 1.55. The van der Waals surface area contributed by atoms with E-state index in [-0.39, 0.29) is 0 Å². The lowest BCUT2D eigenvalue weighted by Gasteiger charge is -2.16. The summed E-state index contributed by atoms with van der Waals surface area (Å²) in [5.74, 6) is 0.914. The van der Waals surface area contributed by atoms with Crippen LogP contribution in [0.3, 0.4) is 0 Å². The average Bonchev–Trinajstić information content (AvgIpc) is 3.46. The van der Waals surface area contributed by atoms with Gasteiger partial charge in [0.15, 0.2) is 0 Å². The Bertz CT molecular complexity index is 1390. The van der Waals surface area contributed by atoms with Crippen LogP contribution in [-0.2, 0) is 11.5 Å². The van der Waals surface area contributed by atoms with Gasteiger partial charge in [0, 0.05) is 70.7 Å². The molecule has 0 atom stereocenters. The zero-order chi connectivity index (χ0) is 22.3. The van der Waals surface area contributed by atoms with E-state index in [4.69, 9.17) is 9.72 Å². The molecule has 5 aromatic rings. The quantitative estimate of drug-likeness (QED) is 0.180. The molecule has 0 aliphatic rings. The molecule has 3 heterocycles. The first kappa shape index (κ1) is 21.2. The van der Waals surface area contributed by atoms with Crippen molar-refractivity contribution >= 4 is 45.8 Å². The van der Waals surface area contributed by atoms with Gasteiger partial charge in [-0.2, -0.15) is 0 Å². The zero-order valence-electron chi connectivity index (χ0n) is 18.6. The van der Waals surface area contributed by atoms with E-state index in [0.29, 0.717) is 6.73 Å². The molecule has 0 aliphatic carbocycles. The molecule has 0 aliphatic heterocycles. The standard InChI is InChI=1S/C25H27BrN4OSi/c1-32(2,3)11-10-31-16-30-15-24(20-13-28-23-12-17(26)8-9-19(20)23)29-25(30)21-14-27-22-7-5-4-6-18(21)22/h4-9,12-15,27-28H,10-11,16H2,1-3H3. The number of H-pyrrole nitrogens is 2. The molecule has 7 heteroatoms. The average molecular weight is 508 g/mol. The predicted octanol–water partition coefficient (Wildman–Crippen LogP) is 7.25. The van der Waals surface area contributed by atoms with Gasteiger partial charge in [-0.3, -0.25) is 0 Å². The van der Waals surface area contributed by atoms with E-state index >= 15 is 0 Å². The van der Waals surface area contributed by atoms with Gasteiger partial charge in [0.25, 0.3) is 0 Å². The number of aromatic nitrogens is 4. The van der Waals surface area contributed by atoms with Gasteiger partial charge in [0.05, 0.1) is 5.69 Å². The Morgan fingerprint density at radius 1 is 0.969 bits per heavy atom. The molecule has 3 aromatic heterocycles. The van der Waals surface area contributed by atoms with E-state index in [0.717, 1.165) is 61.6 Å². The van der Waals surface area contributed by atoms with Crippen molar-refractivity contribution in [2.24, 2.45) is 0 Å². The number of nitrogens with zero attached hydrogens (tertiary/aromatic N) is 2. The summed E-state index contributed by atoms with van der Waals surface area (Å²) in [5.41, 5.74) is 5.31. The molecule has 0 amide bonds. The summed E-state index contributed by atoms with van der Waals surface area (Å²) in [6, 6.07) is 15.8. The number of para-hydroxylation sites is 1. The van der Waals surface area contributed by atoms with Gasteiger partial charge in [-0.05, 0) is 24.2 Å². The summed E-state index contributed by atoms with van der Waals surface area (Å²) in [6.45, 7) is 8.38. The Kier molecular flexibility index (Phi) is 5.57. The summed E-state index contributed by atoms with van der Waals surface area (Å²) in [6.07, 6.45) is 6.19. The SMILES string of the molecule is C[Si](C)(C)CCOCn1cc(-c2c[nH]c3cc(Br)ccc23)nc1-c1c[nH]c2ccccc12. The van der Waals surface area contributed by atoms with Crippen LogP contribution in [0.1, 0.15) is 0 Å². The number of hydrogen-bond acceptors (Lipinski definition) is 2. The van der Waals surface area contributed by atoms with Gasteiger partial charge in [0.1, 0.15) is 12.6 Å². The lowest BCUT2D eigenvalue weighted by Crippen LogP contribution is -2.22. The molecule has 0 radical (unpaired) electrons. The largest absolute Gasteiger partial charge is 0.361 e. The van der Waals surface area contributed by atoms with Gasteiger partial charge in [-0.1, -0.05) is 59.8 Å². The minimum absolute atomic E-state index is 0.486. The third kappa shape index (κ3) is 4.20. The summed E-state index contributed by atoms with van der Waals surface area (Å²) in [5, 5.41) is 2.32. The number of fused-ring (bicyclic) bond motifs is 2. The van der Waals surface area contributed by atoms with Crippen molar-refractivity contribution in [1.82, 2.24) is 19.5 Å². The maximum atomic E-state index is 6.11. The minimum atomic E-state index is -1.13. The second-order valence-corrected chi connectivity index (χ2v) is 15.9. The number of hydrogen-bond donors (Lipinski definition) is 2. The summed E-state index contributed by atoms with van der Waals surface area (Å²) >= 11 is 3.55. The van der Waals surface area contributed by atoms with Crippen LogP contribution in [0.5, 0.6) is 0 Å². The highest BCUT2D eigenvalue weighted by Gasteiger charge is 2.18. The molecule has 0 saturated heterocycles. The number of nitrogens with one attached hydrogen (secondary N) is 2. The Hall–Kier alpha value is -2.61. The second kappa shape index (κ2) is 8.39. The van der Waals surface area contributed by atoms with E-state index in [1.165, 1.54) is 0 Å². The molecule has 0 unspecified atom stereocenters. The molecule has 32 heavy (non-hydrogen) atoms. The highest BCUT2D eigenvalue weighted by atomic mass is 79.9. The molecule has 0 saturated carbocycles. The fourth-order valence-electron chi connectivity index (χ4n) is 3.97. The molecule has 2 N–H and O–H groups in total. The van der Waals surface area contributed by atoms with Crippen molar-refractivity contribution < 1.29 is 4.74 Å². The van der Waals surface area contributed by atoms with Crippen LogP contribution in [0, 0.1) is 0 Å². The number of rotatable bonds is 7. The van der Waals surface area contributed by atoms with Crippen LogP contribution >= 0.6 is 15.9 Å².